The minimum Gasteiger partial charge on any atom is -0.308 e. The molecule has 0 spiro atoms. The molecule has 2 nitrogen and oxygen atoms in total. The maximum Gasteiger partial charge on any atom is 0.0346 e. The molecule has 0 bridgehead atoms. The van der Waals surface area contributed by atoms with Crippen LogP contribution in [0, 0.1) is 0 Å². The monoisotopic (exact) mass is 228 g/mol. The summed E-state index contributed by atoms with van der Waals surface area (Å²) in [6.45, 7) is 7.59. The smallest absolute Gasteiger partial charge is 0.0346 e. The molecule has 2 rings (SSSR count). The van der Waals surface area contributed by atoms with Gasteiger partial charge >= 0.3 is 0 Å². The van der Waals surface area contributed by atoms with Crippen LogP contribution in [0.25, 0.3) is 10.8 Å². The van der Waals surface area contributed by atoms with Gasteiger partial charge < -0.3 is 5.32 Å². The van der Waals surface area contributed by atoms with Crippen molar-refractivity contribution >= 4 is 10.8 Å². The number of fused-ring (bicyclic) bond motifs is 1. The van der Waals surface area contributed by atoms with Crippen molar-refractivity contribution in [3.05, 3.63) is 42.2 Å². The highest BCUT2D eigenvalue weighted by Crippen LogP contribution is 2.15. The number of pyridine rings is 1. The molecule has 0 aliphatic heterocycles. The van der Waals surface area contributed by atoms with E-state index < -0.39 is 0 Å². The Morgan fingerprint density at radius 2 is 2.00 bits per heavy atom. The van der Waals surface area contributed by atoms with Gasteiger partial charge in [-0.15, -0.1) is 0 Å². The van der Waals surface area contributed by atoms with E-state index in [9.17, 15) is 0 Å². The van der Waals surface area contributed by atoms with Crippen LogP contribution in [0.2, 0.25) is 0 Å². The number of hydrogen-bond donors (Lipinski definition) is 1. The van der Waals surface area contributed by atoms with Gasteiger partial charge in [0.1, 0.15) is 0 Å². The molecule has 2 aromatic rings. The van der Waals surface area contributed by atoms with E-state index in [0.717, 1.165) is 13.0 Å². The molecule has 1 N–H and O–H groups in total. The number of hydrogen-bond acceptors (Lipinski definition) is 2. The number of nitrogens with one attached hydrogen (secondary N) is 1. The molecule has 0 fully saturated rings. The van der Waals surface area contributed by atoms with Crippen molar-refractivity contribution in [2.75, 3.05) is 0 Å². The lowest BCUT2D eigenvalue weighted by molar-refractivity contribution is 0.374. The van der Waals surface area contributed by atoms with Crippen LogP contribution in [0.4, 0.5) is 0 Å². The average molecular weight is 228 g/mol. The van der Waals surface area contributed by atoms with E-state index in [-0.39, 0.29) is 5.54 Å². The topological polar surface area (TPSA) is 24.9 Å². The molecule has 0 amide bonds. The number of benzene rings is 1. The van der Waals surface area contributed by atoms with Gasteiger partial charge in [-0.1, -0.05) is 19.1 Å². The summed E-state index contributed by atoms with van der Waals surface area (Å²) in [5, 5.41) is 6.03. The van der Waals surface area contributed by atoms with Gasteiger partial charge in [0, 0.05) is 29.9 Å². The SMILES string of the molecule is CCC(C)(C)NCc1ccc2cnccc2c1. The van der Waals surface area contributed by atoms with Crippen molar-refractivity contribution in [1.29, 1.82) is 0 Å². The zero-order valence-corrected chi connectivity index (χ0v) is 10.8. The van der Waals surface area contributed by atoms with E-state index in [4.69, 9.17) is 0 Å². The van der Waals surface area contributed by atoms with Crippen molar-refractivity contribution in [2.45, 2.75) is 39.3 Å². The highest BCUT2D eigenvalue weighted by atomic mass is 14.9. The summed E-state index contributed by atoms with van der Waals surface area (Å²) in [7, 11) is 0. The first kappa shape index (κ1) is 12.1. The summed E-state index contributed by atoms with van der Waals surface area (Å²) in [5.41, 5.74) is 1.53. The van der Waals surface area contributed by atoms with Crippen LogP contribution in [0.3, 0.4) is 0 Å². The van der Waals surface area contributed by atoms with E-state index in [0.29, 0.717) is 0 Å². The number of aromatic nitrogens is 1. The normalized spacial score (nSPS) is 11.9. The van der Waals surface area contributed by atoms with Crippen molar-refractivity contribution in [1.82, 2.24) is 10.3 Å². The lowest BCUT2D eigenvalue weighted by atomic mass is 10.0. The van der Waals surface area contributed by atoms with Gasteiger partial charge in [-0.25, -0.2) is 0 Å². The van der Waals surface area contributed by atoms with E-state index in [1.54, 1.807) is 0 Å². The van der Waals surface area contributed by atoms with Gasteiger partial charge in [0.2, 0.25) is 0 Å². The Balaban J connectivity index is 2.14. The van der Waals surface area contributed by atoms with Gasteiger partial charge in [-0.2, -0.15) is 0 Å². The van der Waals surface area contributed by atoms with Crippen molar-refractivity contribution in [2.24, 2.45) is 0 Å². The standard InChI is InChI=1S/C15H20N2/c1-4-15(2,3)17-10-12-5-6-14-11-16-8-7-13(14)9-12/h5-9,11,17H,4,10H2,1-3H3. The van der Waals surface area contributed by atoms with E-state index in [1.807, 2.05) is 12.4 Å². The summed E-state index contributed by atoms with van der Waals surface area (Å²) in [6, 6.07) is 8.60. The summed E-state index contributed by atoms with van der Waals surface area (Å²) in [4.78, 5) is 4.13. The minimum atomic E-state index is 0.202. The van der Waals surface area contributed by atoms with Crippen LogP contribution in [0.5, 0.6) is 0 Å². The van der Waals surface area contributed by atoms with Crippen LogP contribution >= 0.6 is 0 Å². The molecule has 0 saturated heterocycles. The maximum atomic E-state index is 4.13. The Kier molecular flexibility index (Phi) is 3.43. The second-order valence-corrected chi connectivity index (χ2v) is 5.15. The molecule has 0 atom stereocenters. The van der Waals surface area contributed by atoms with Gasteiger partial charge in [-0.3, -0.25) is 4.98 Å². The van der Waals surface area contributed by atoms with Crippen molar-refractivity contribution in [3.8, 4) is 0 Å². The fourth-order valence-electron chi connectivity index (χ4n) is 1.71. The Morgan fingerprint density at radius 1 is 1.18 bits per heavy atom. The first-order valence-corrected chi connectivity index (χ1v) is 6.18. The summed E-state index contributed by atoms with van der Waals surface area (Å²) in [5.74, 6) is 0. The van der Waals surface area contributed by atoms with Gasteiger partial charge in [0.05, 0.1) is 0 Å². The number of rotatable bonds is 4. The zero-order valence-electron chi connectivity index (χ0n) is 10.8. The lowest BCUT2D eigenvalue weighted by Crippen LogP contribution is -2.37. The maximum absolute atomic E-state index is 4.13. The van der Waals surface area contributed by atoms with Crippen molar-refractivity contribution < 1.29 is 0 Å². The van der Waals surface area contributed by atoms with Crippen LogP contribution in [-0.4, -0.2) is 10.5 Å². The molecule has 1 heterocycles. The average Bonchev–Trinajstić information content (AvgIpc) is 2.36. The third-order valence-electron chi connectivity index (χ3n) is 3.36. The Morgan fingerprint density at radius 3 is 2.76 bits per heavy atom. The van der Waals surface area contributed by atoms with Crippen molar-refractivity contribution in [3.63, 3.8) is 0 Å². The summed E-state index contributed by atoms with van der Waals surface area (Å²) < 4.78 is 0. The van der Waals surface area contributed by atoms with E-state index in [2.05, 4.69) is 55.3 Å². The van der Waals surface area contributed by atoms with Crippen LogP contribution < -0.4 is 5.32 Å². The molecule has 2 heteroatoms. The second kappa shape index (κ2) is 4.84. The third kappa shape index (κ3) is 3.04. The lowest BCUT2D eigenvalue weighted by Gasteiger charge is -2.24. The Labute approximate surface area is 103 Å². The minimum absolute atomic E-state index is 0.202. The van der Waals surface area contributed by atoms with Gasteiger partial charge in [0.15, 0.2) is 0 Å². The van der Waals surface area contributed by atoms with Gasteiger partial charge in [-0.05, 0) is 43.4 Å². The molecular formula is C15H20N2. The molecule has 90 valence electrons. The Bertz CT molecular complexity index is 503. The fourth-order valence-corrected chi connectivity index (χ4v) is 1.71. The van der Waals surface area contributed by atoms with Crippen LogP contribution in [-0.2, 0) is 6.54 Å². The van der Waals surface area contributed by atoms with Crippen LogP contribution in [0.1, 0.15) is 32.8 Å². The highest BCUT2D eigenvalue weighted by molar-refractivity contribution is 5.81. The molecule has 0 aliphatic rings. The molecule has 0 saturated carbocycles. The molecule has 0 aliphatic carbocycles. The van der Waals surface area contributed by atoms with Crippen LogP contribution in [0.15, 0.2) is 36.7 Å². The molecular weight excluding hydrogens is 208 g/mol. The molecule has 0 unspecified atom stereocenters. The Hall–Kier alpha value is -1.41. The molecule has 1 aromatic carbocycles. The zero-order chi connectivity index (χ0) is 12.3. The molecule has 1 aromatic heterocycles. The largest absolute Gasteiger partial charge is 0.308 e. The number of nitrogens with zero attached hydrogens (tertiary/aromatic N) is 1. The highest BCUT2D eigenvalue weighted by Gasteiger charge is 2.13. The second-order valence-electron chi connectivity index (χ2n) is 5.15. The quantitative estimate of drug-likeness (QED) is 0.866. The summed E-state index contributed by atoms with van der Waals surface area (Å²) >= 11 is 0. The van der Waals surface area contributed by atoms with E-state index in [1.165, 1.54) is 16.3 Å². The molecule has 0 radical (unpaired) electrons. The third-order valence-corrected chi connectivity index (χ3v) is 3.36. The summed E-state index contributed by atoms with van der Waals surface area (Å²) in [6.07, 6.45) is 4.88. The fraction of sp³-hybridized carbons (Fsp3) is 0.400. The molecule has 17 heavy (non-hydrogen) atoms. The predicted octanol–water partition coefficient (Wildman–Crippen LogP) is 3.51. The van der Waals surface area contributed by atoms with Gasteiger partial charge in [0.25, 0.3) is 0 Å². The predicted molar refractivity (Wildman–Crippen MR) is 73.0 cm³/mol. The first-order valence-electron chi connectivity index (χ1n) is 6.18. The first-order chi connectivity index (χ1) is 8.11. The van der Waals surface area contributed by atoms with E-state index >= 15 is 0 Å².